The Morgan fingerprint density at radius 1 is 0.632 bits per heavy atom. The summed E-state index contributed by atoms with van der Waals surface area (Å²) in [6.07, 6.45) is 0. The van der Waals surface area contributed by atoms with E-state index in [1.54, 1.807) is 0 Å². The lowest BCUT2D eigenvalue weighted by atomic mass is 10.4. The third-order valence-electron chi connectivity index (χ3n) is 2.58. The van der Waals surface area contributed by atoms with Crippen molar-refractivity contribution in [2.45, 2.75) is 9.79 Å². The van der Waals surface area contributed by atoms with Crippen LogP contribution in [-0.2, 0) is 0 Å². The highest BCUT2D eigenvalue weighted by Crippen LogP contribution is 2.17. The third kappa shape index (κ3) is 6.19. The summed E-state index contributed by atoms with van der Waals surface area (Å²) in [5.41, 5.74) is 0. The summed E-state index contributed by atoms with van der Waals surface area (Å²) >= 11 is 3.81. The highest BCUT2D eigenvalue weighted by atomic mass is 32.2. The summed E-state index contributed by atoms with van der Waals surface area (Å²) in [5.74, 6) is 2.25. The molecule has 0 aliphatic rings. The largest absolute Gasteiger partial charge is 0.315 e. The Balaban J connectivity index is 1.49. The number of benzene rings is 2. The second-order valence-corrected chi connectivity index (χ2v) is 6.41. The van der Waals surface area contributed by atoms with Crippen LogP contribution in [0.3, 0.4) is 0 Å². The Labute approximate surface area is 124 Å². The van der Waals surface area contributed by atoms with E-state index < -0.39 is 0 Å². The maximum absolute atomic E-state index is 3.48. The van der Waals surface area contributed by atoms with E-state index in [9.17, 15) is 0 Å². The minimum atomic E-state index is 1.06. The summed E-state index contributed by atoms with van der Waals surface area (Å²) in [5, 5.41) is 3.48. The molecule has 19 heavy (non-hydrogen) atoms. The zero-order valence-electron chi connectivity index (χ0n) is 10.9. The van der Waals surface area contributed by atoms with Crippen LogP contribution >= 0.6 is 23.5 Å². The van der Waals surface area contributed by atoms with Crippen molar-refractivity contribution >= 4 is 23.5 Å². The normalized spacial score (nSPS) is 10.5. The van der Waals surface area contributed by atoms with Crippen molar-refractivity contribution < 1.29 is 0 Å². The van der Waals surface area contributed by atoms with E-state index in [1.807, 2.05) is 23.5 Å². The van der Waals surface area contributed by atoms with Gasteiger partial charge in [0, 0.05) is 34.4 Å². The minimum Gasteiger partial charge on any atom is -0.315 e. The molecule has 0 amide bonds. The van der Waals surface area contributed by atoms with Gasteiger partial charge in [-0.3, -0.25) is 0 Å². The Morgan fingerprint density at radius 3 is 1.47 bits per heavy atom. The van der Waals surface area contributed by atoms with Gasteiger partial charge in [0.2, 0.25) is 0 Å². The van der Waals surface area contributed by atoms with Crippen molar-refractivity contribution in [2.75, 3.05) is 24.6 Å². The molecule has 2 aromatic rings. The van der Waals surface area contributed by atoms with Gasteiger partial charge in [-0.2, -0.15) is 0 Å². The van der Waals surface area contributed by atoms with Gasteiger partial charge >= 0.3 is 0 Å². The number of thioether (sulfide) groups is 2. The zero-order chi connectivity index (χ0) is 13.2. The van der Waals surface area contributed by atoms with Gasteiger partial charge in [0.1, 0.15) is 0 Å². The molecule has 1 nitrogen and oxygen atoms in total. The average Bonchev–Trinajstić information content (AvgIpc) is 2.48. The van der Waals surface area contributed by atoms with Crippen LogP contribution in [-0.4, -0.2) is 24.6 Å². The SMILES string of the molecule is c1ccc(SCCNCCSc2ccccc2)cc1. The zero-order valence-corrected chi connectivity index (χ0v) is 12.6. The molecule has 1 N–H and O–H groups in total. The summed E-state index contributed by atoms with van der Waals surface area (Å²) < 4.78 is 0. The summed E-state index contributed by atoms with van der Waals surface area (Å²) in [7, 11) is 0. The first-order valence-electron chi connectivity index (χ1n) is 6.51. The molecule has 0 saturated heterocycles. The summed E-state index contributed by atoms with van der Waals surface area (Å²) in [4.78, 5) is 2.70. The fraction of sp³-hybridized carbons (Fsp3) is 0.250. The molecule has 0 saturated carbocycles. The maximum Gasteiger partial charge on any atom is 0.0106 e. The monoisotopic (exact) mass is 289 g/mol. The van der Waals surface area contributed by atoms with Gasteiger partial charge in [0.05, 0.1) is 0 Å². The van der Waals surface area contributed by atoms with E-state index in [-0.39, 0.29) is 0 Å². The number of rotatable bonds is 8. The lowest BCUT2D eigenvalue weighted by molar-refractivity contribution is 0.774. The lowest BCUT2D eigenvalue weighted by Crippen LogP contribution is -2.19. The Kier molecular flexibility index (Phi) is 6.93. The molecular weight excluding hydrogens is 270 g/mol. The van der Waals surface area contributed by atoms with Gasteiger partial charge in [-0.1, -0.05) is 36.4 Å². The predicted molar refractivity (Wildman–Crippen MR) is 87.2 cm³/mol. The lowest BCUT2D eigenvalue weighted by Gasteiger charge is -2.05. The van der Waals surface area contributed by atoms with Crippen LogP contribution in [0.15, 0.2) is 70.5 Å². The second-order valence-electron chi connectivity index (χ2n) is 4.07. The number of hydrogen-bond acceptors (Lipinski definition) is 3. The minimum absolute atomic E-state index is 1.06. The summed E-state index contributed by atoms with van der Waals surface area (Å²) in [6.45, 7) is 2.13. The highest BCUT2D eigenvalue weighted by molar-refractivity contribution is 7.99. The molecule has 0 bridgehead atoms. The molecule has 0 aliphatic carbocycles. The second kappa shape index (κ2) is 9.08. The first-order valence-corrected chi connectivity index (χ1v) is 8.49. The number of nitrogens with one attached hydrogen (secondary N) is 1. The summed E-state index contributed by atoms with van der Waals surface area (Å²) in [6, 6.07) is 21.1. The van der Waals surface area contributed by atoms with E-state index in [1.165, 1.54) is 9.79 Å². The van der Waals surface area contributed by atoms with E-state index in [4.69, 9.17) is 0 Å². The fourth-order valence-electron chi connectivity index (χ4n) is 1.64. The molecule has 0 atom stereocenters. The Hall–Kier alpha value is -0.900. The first-order chi connectivity index (χ1) is 9.45. The smallest absolute Gasteiger partial charge is 0.0106 e. The van der Waals surface area contributed by atoms with Crippen LogP contribution in [0.2, 0.25) is 0 Å². The molecule has 0 spiro atoms. The molecule has 0 unspecified atom stereocenters. The van der Waals surface area contributed by atoms with Gasteiger partial charge in [-0.05, 0) is 24.3 Å². The number of hydrogen-bond donors (Lipinski definition) is 1. The third-order valence-corrected chi connectivity index (χ3v) is 4.61. The van der Waals surface area contributed by atoms with Crippen molar-refractivity contribution in [3.63, 3.8) is 0 Å². The molecular formula is C16H19NS2. The van der Waals surface area contributed by atoms with E-state index in [2.05, 4.69) is 66.0 Å². The van der Waals surface area contributed by atoms with Crippen molar-refractivity contribution in [3.8, 4) is 0 Å². The van der Waals surface area contributed by atoms with Crippen LogP contribution in [0.1, 0.15) is 0 Å². The molecule has 0 aromatic heterocycles. The standard InChI is InChI=1S/C16H19NS2/c1-3-7-15(8-4-1)18-13-11-17-12-14-19-16-9-5-2-6-10-16/h1-10,17H,11-14H2. The molecule has 3 heteroatoms. The van der Waals surface area contributed by atoms with Gasteiger partial charge < -0.3 is 5.32 Å². The van der Waals surface area contributed by atoms with Crippen molar-refractivity contribution in [2.24, 2.45) is 0 Å². The molecule has 0 radical (unpaired) electrons. The van der Waals surface area contributed by atoms with Crippen LogP contribution < -0.4 is 5.32 Å². The van der Waals surface area contributed by atoms with Crippen molar-refractivity contribution in [1.82, 2.24) is 5.32 Å². The maximum atomic E-state index is 3.48. The molecule has 2 aromatic carbocycles. The first kappa shape index (κ1) is 14.5. The average molecular weight is 289 g/mol. The molecule has 0 aliphatic heterocycles. The van der Waals surface area contributed by atoms with Crippen molar-refractivity contribution in [1.29, 1.82) is 0 Å². The van der Waals surface area contributed by atoms with Crippen LogP contribution in [0.5, 0.6) is 0 Å². The van der Waals surface area contributed by atoms with Crippen LogP contribution in [0, 0.1) is 0 Å². The van der Waals surface area contributed by atoms with Crippen LogP contribution in [0.4, 0.5) is 0 Å². The predicted octanol–water partition coefficient (Wildman–Crippen LogP) is 4.16. The molecule has 2 rings (SSSR count). The Morgan fingerprint density at radius 2 is 1.05 bits per heavy atom. The topological polar surface area (TPSA) is 12.0 Å². The highest BCUT2D eigenvalue weighted by Gasteiger charge is 1.94. The van der Waals surface area contributed by atoms with E-state index in [0.717, 1.165) is 24.6 Å². The van der Waals surface area contributed by atoms with E-state index in [0.29, 0.717) is 0 Å². The fourth-order valence-corrected chi connectivity index (χ4v) is 3.30. The van der Waals surface area contributed by atoms with E-state index >= 15 is 0 Å². The molecule has 0 fully saturated rings. The van der Waals surface area contributed by atoms with Gasteiger partial charge in [-0.15, -0.1) is 23.5 Å². The van der Waals surface area contributed by atoms with Crippen LogP contribution in [0.25, 0.3) is 0 Å². The molecule has 0 heterocycles. The quantitative estimate of drug-likeness (QED) is 0.579. The van der Waals surface area contributed by atoms with Gasteiger partial charge in [-0.25, -0.2) is 0 Å². The Bertz CT molecular complexity index is 401. The van der Waals surface area contributed by atoms with Crippen molar-refractivity contribution in [3.05, 3.63) is 60.7 Å². The molecule has 100 valence electrons. The van der Waals surface area contributed by atoms with Gasteiger partial charge in [0.25, 0.3) is 0 Å². The van der Waals surface area contributed by atoms with Gasteiger partial charge in [0.15, 0.2) is 0 Å².